The lowest BCUT2D eigenvalue weighted by Gasteiger charge is -2.32. The number of hydrogen-bond acceptors (Lipinski definition) is 7. The summed E-state index contributed by atoms with van der Waals surface area (Å²) >= 11 is 6.36. The minimum atomic E-state index is -1.07. The summed E-state index contributed by atoms with van der Waals surface area (Å²) in [6, 6.07) is 10.4. The third-order valence-corrected chi connectivity index (χ3v) is 7.54. The Labute approximate surface area is 228 Å². The topological polar surface area (TPSA) is 117 Å². The number of aromatic carboxylic acids is 1. The van der Waals surface area contributed by atoms with Crippen molar-refractivity contribution in [3.63, 3.8) is 0 Å². The van der Waals surface area contributed by atoms with Crippen molar-refractivity contribution in [2.75, 3.05) is 19.8 Å². The van der Waals surface area contributed by atoms with E-state index in [-0.39, 0.29) is 17.9 Å². The number of carboxylic acids is 1. The Balaban J connectivity index is 1.29. The lowest BCUT2D eigenvalue weighted by atomic mass is 9.91. The number of fused-ring (bicyclic) bond motifs is 2. The molecule has 1 aliphatic heterocycles. The summed E-state index contributed by atoms with van der Waals surface area (Å²) in [5.74, 6) is -0.613. The van der Waals surface area contributed by atoms with Crippen molar-refractivity contribution in [2.24, 2.45) is 0 Å². The van der Waals surface area contributed by atoms with Gasteiger partial charge in [0.2, 0.25) is 0 Å². The molecular formula is C28H27ClN4O6. The first-order valence-electron chi connectivity index (χ1n) is 12.8. The average molecular weight is 551 g/mol. The van der Waals surface area contributed by atoms with Crippen LogP contribution in [0.25, 0.3) is 16.6 Å². The molecule has 1 aliphatic carbocycles. The summed E-state index contributed by atoms with van der Waals surface area (Å²) in [7, 11) is 0. The smallest absolute Gasteiger partial charge is 0.354 e. The Bertz CT molecular complexity index is 1670. The maximum absolute atomic E-state index is 13.5. The number of carbonyl (C=O) groups is 1. The molecule has 1 N–H and O–H groups in total. The standard InChI is InChI=1S/C28H27ClN4O6/c1-16-13-19(23-4-5-24(27(35)36)33(23)31-16)20-14-18(29)3-6-25(20)37-10-9-32-17(2)30-22-7-8-28(38-11-12-39-28)15-21(22)26(32)34/h3-6,13-14H,7-12,15H2,1-2H3,(H,35,36). The molecule has 0 unspecified atom stereocenters. The highest BCUT2D eigenvalue weighted by Crippen LogP contribution is 2.36. The van der Waals surface area contributed by atoms with Crippen LogP contribution in [0.1, 0.15) is 39.7 Å². The number of hydrogen-bond donors (Lipinski definition) is 1. The van der Waals surface area contributed by atoms with Gasteiger partial charge in [-0.25, -0.2) is 14.3 Å². The molecule has 0 saturated carbocycles. The molecule has 10 nitrogen and oxygen atoms in total. The van der Waals surface area contributed by atoms with Crippen LogP contribution in [0.2, 0.25) is 5.02 Å². The zero-order valence-electron chi connectivity index (χ0n) is 21.6. The molecule has 0 radical (unpaired) electrons. The highest BCUT2D eigenvalue weighted by Gasteiger charge is 2.41. The molecule has 1 spiro atoms. The van der Waals surface area contributed by atoms with Gasteiger partial charge < -0.3 is 19.3 Å². The van der Waals surface area contributed by atoms with Gasteiger partial charge >= 0.3 is 5.97 Å². The molecule has 1 saturated heterocycles. The van der Waals surface area contributed by atoms with Crippen LogP contribution in [0.3, 0.4) is 0 Å². The zero-order chi connectivity index (χ0) is 27.3. The van der Waals surface area contributed by atoms with Gasteiger partial charge in [-0.1, -0.05) is 11.6 Å². The Morgan fingerprint density at radius 1 is 1.15 bits per heavy atom. The van der Waals surface area contributed by atoms with Crippen LogP contribution in [-0.4, -0.2) is 55.8 Å². The maximum atomic E-state index is 13.5. The van der Waals surface area contributed by atoms with Crippen molar-refractivity contribution in [2.45, 2.75) is 45.4 Å². The van der Waals surface area contributed by atoms with Crippen molar-refractivity contribution in [3.05, 3.63) is 80.2 Å². The Kier molecular flexibility index (Phi) is 6.41. The molecule has 4 heterocycles. The number of rotatable bonds is 6. The van der Waals surface area contributed by atoms with Crippen molar-refractivity contribution in [3.8, 4) is 16.9 Å². The van der Waals surface area contributed by atoms with Gasteiger partial charge in [0.1, 0.15) is 18.2 Å². The van der Waals surface area contributed by atoms with E-state index in [4.69, 9.17) is 30.8 Å². The van der Waals surface area contributed by atoms with Gasteiger partial charge in [0.15, 0.2) is 11.5 Å². The second-order valence-corrected chi connectivity index (χ2v) is 10.3. The van der Waals surface area contributed by atoms with E-state index in [1.807, 2.05) is 13.0 Å². The normalized spacial score (nSPS) is 16.1. The second kappa shape index (κ2) is 9.78. The quantitative estimate of drug-likeness (QED) is 0.385. The van der Waals surface area contributed by atoms with Crippen molar-refractivity contribution < 1.29 is 24.1 Å². The third-order valence-electron chi connectivity index (χ3n) is 7.31. The summed E-state index contributed by atoms with van der Waals surface area (Å²) in [6.45, 7) is 5.18. The summed E-state index contributed by atoms with van der Waals surface area (Å²) < 4.78 is 20.9. The monoisotopic (exact) mass is 550 g/mol. The fourth-order valence-electron chi connectivity index (χ4n) is 5.49. The van der Waals surface area contributed by atoms with Crippen molar-refractivity contribution >= 4 is 23.1 Å². The molecule has 2 aliphatic rings. The lowest BCUT2D eigenvalue weighted by molar-refractivity contribution is -0.164. The number of carboxylic acid groups (broad SMARTS) is 1. The molecule has 202 valence electrons. The summed E-state index contributed by atoms with van der Waals surface area (Å²) in [6.07, 6.45) is 1.72. The van der Waals surface area contributed by atoms with Crippen LogP contribution in [0.15, 0.2) is 41.2 Å². The molecule has 11 heteroatoms. The van der Waals surface area contributed by atoms with Crippen LogP contribution < -0.4 is 10.3 Å². The lowest BCUT2D eigenvalue weighted by Crippen LogP contribution is -2.42. The van der Waals surface area contributed by atoms with E-state index in [1.54, 1.807) is 35.8 Å². The van der Waals surface area contributed by atoms with E-state index in [0.29, 0.717) is 78.0 Å². The van der Waals surface area contributed by atoms with Crippen LogP contribution in [0.5, 0.6) is 5.75 Å². The fourth-order valence-corrected chi connectivity index (χ4v) is 5.66. The van der Waals surface area contributed by atoms with E-state index in [1.165, 1.54) is 10.6 Å². The summed E-state index contributed by atoms with van der Waals surface area (Å²) in [5.41, 5.74) is 4.08. The third kappa shape index (κ3) is 4.58. The molecule has 1 fully saturated rings. The molecule has 0 bridgehead atoms. The van der Waals surface area contributed by atoms with Gasteiger partial charge in [-0.05, 0) is 56.7 Å². The van der Waals surface area contributed by atoms with Gasteiger partial charge in [0.25, 0.3) is 5.56 Å². The van der Waals surface area contributed by atoms with E-state index in [9.17, 15) is 14.7 Å². The molecule has 0 atom stereocenters. The molecular weight excluding hydrogens is 524 g/mol. The number of ether oxygens (including phenoxy) is 3. The van der Waals surface area contributed by atoms with Crippen LogP contribution in [-0.2, 0) is 28.9 Å². The SMILES string of the molecule is Cc1cc(-c2cc(Cl)ccc2OCCn2c(C)nc3c(c2=O)CC2(CC3)OCCO2)c2ccc(C(=O)O)n2n1. The highest BCUT2D eigenvalue weighted by atomic mass is 35.5. The molecule has 1 aromatic carbocycles. The summed E-state index contributed by atoms with van der Waals surface area (Å²) in [5, 5.41) is 14.5. The van der Waals surface area contributed by atoms with Gasteiger partial charge in [0.05, 0.1) is 36.7 Å². The number of aromatic nitrogens is 4. The largest absolute Gasteiger partial charge is 0.491 e. The van der Waals surface area contributed by atoms with E-state index in [2.05, 4.69) is 5.10 Å². The predicted octanol–water partition coefficient (Wildman–Crippen LogP) is 3.84. The van der Waals surface area contributed by atoms with Crippen molar-refractivity contribution in [1.29, 1.82) is 0 Å². The van der Waals surface area contributed by atoms with Gasteiger partial charge in [-0.15, -0.1) is 0 Å². The molecule has 3 aromatic heterocycles. The zero-order valence-corrected chi connectivity index (χ0v) is 22.3. The average Bonchev–Trinajstić information content (AvgIpc) is 3.54. The van der Waals surface area contributed by atoms with Crippen molar-refractivity contribution in [1.82, 2.24) is 19.2 Å². The first kappa shape index (κ1) is 25.5. The number of halogens is 1. The highest BCUT2D eigenvalue weighted by molar-refractivity contribution is 6.31. The Morgan fingerprint density at radius 3 is 2.72 bits per heavy atom. The van der Waals surface area contributed by atoms with E-state index < -0.39 is 11.8 Å². The predicted molar refractivity (Wildman–Crippen MR) is 143 cm³/mol. The Hall–Kier alpha value is -3.73. The van der Waals surface area contributed by atoms with Crippen LogP contribution >= 0.6 is 11.6 Å². The first-order valence-corrected chi connectivity index (χ1v) is 13.1. The van der Waals surface area contributed by atoms with Gasteiger partial charge in [-0.3, -0.25) is 9.36 Å². The minimum absolute atomic E-state index is 0.0596. The first-order chi connectivity index (χ1) is 18.7. The van der Waals surface area contributed by atoms with Gasteiger partial charge in [0, 0.05) is 34.6 Å². The summed E-state index contributed by atoms with van der Waals surface area (Å²) in [4.78, 5) is 29.9. The van der Waals surface area contributed by atoms with Crippen LogP contribution in [0, 0.1) is 13.8 Å². The maximum Gasteiger partial charge on any atom is 0.354 e. The molecule has 4 aromatic rings. The number of nitrogens with zero attached hydrogens (tertiary/aromatic N) is 4. The van der Waals surface area contributed by atoms with Crippen LogP contribution in [0.4, 0.5) is 0 Å². The minimum Gasteiger partial charge on any atom is -0.491 e. The molecule has 39 heavy (non-hydrogen) atoms. The second-order valence-electron chi connectivity index (χ2n) is 9.83. The number of benzene rings is 1. The molecule has 0 amide bonds. The molecule has 6 rings (SSSR count). The van der Waals surface area contributed by atoms with Gasteiger partial charge in [-0.2, -0.15) is 5.10 Å². The number of aryl methyl sites for hydroxylation is 3. The van der Waals surface area contributed by atoms with E-state index >= 15 is 0 Å². The fraction of sp³-hybridized carbons (Fsp3) is 0.357. The van der Waals surface area contributed by atoms with E-state index in [0.717, 1.165) is 11.3 Å². The Morgan fingerprint density at radius 2 is 1.95 bits per heavy atom.